The fourth-order valence-corrected chi connectivity index (χ4v) is 3.21. The third-order valence-electron chi connectivity index (χ3n) is 3.82. The number of thiocarbonyl (C=S) groups is 1. The van der Waals surface area contributed by atoms with Crippen molar-refractivity contribution in [2.45, 2.75) is 6.18 Å². The van der Waals surface area contributed by atoms with Crippen molar-refractivity contribution in [1.29, 1.82) is 0 Å². The molecule has 0 aromatic heterocycles. The van der Waals surface area contributed by atoms with Gasteiger partial charge in [-0.3, -0.25) is 19.8 Å². The molecule has 28 heavy (non-hydrogen) atoms. The molecule has 2 aromatic carbocycles. The number of alkyl halides is 3. The molecule has 1 heterocycles. The molecule has 1 fully saturated rings. The van der Waals surface area contributed by atoms with E-state index in [-0.39, 0.29) is 10.7 Å². The molecule has 0 saturated carbocycles. The van der Waals surface area contributed by atoms with Crippen molar-refractivity contribution in [3.63, 3.8) is 0 Å². The Morgan fingerprint density at radius 2 is 1.68 bits per heavy atom. The summed E-state index contributed by atoms with van der Waals surface area (Å²) in [7, 11) is 0. The number of amides is 2. The SMILES string of the molecule is O=C1NC(=S)N(c2ccc(Cl)cc2)C(=O)/C1=C/c1cccc(C(F)(F)F)c1Cl. The van der Waals surface area contributed by atoms with Gasteiger partial charge in [0.25, 0.3) is 11.8 Å². The topological polar surface area (TPSA) is 49.4 Å². The zero-order valence-corrected chi connectivity index (χ0v) is 16.0. The fraction of sp³-hybridized carbons (Fsp3) is 0.0556. The smallest absolute Gasteiger partial charge is 0.298 e. The Labute approximate surface area is 172 Å². The molecule has 0 unspecified atom stereocenters. The highest BCUT2D eigenvalue weighted by Crippen LogP contribution is 2.37. The normalized spacial score (nSPS) is 16.5. The van der Waals surface area contributed by atoms with Crippen LogP contribution < -0.4 is 10.2 Å². The minimum absolute atomic E-state index is 0.126. The van der Waals surface area contributed by atoms with Crippen molar-refractivity contribution in [2.24, 2.45) is 0 Å². The van der Waals surface area contributed by atoms with Gasteiger partial charge in [-0.2, -0.15) is 13.2 Å². The zero-order chi connectivity index (χ0) is 20.6. The second kappa shape index (κ2) is 7.54. The Balaban J connectivity index is 2.06. The van der Waals surface area contributed by atoms with E-state index in [9.17, 15) is 22.8 Å². The van der Waals surface area contributed by atoms with Gasteiger partial charge in [0.1, 0.15) is 5.57 Å². The van der Waals surface area contributed by atoms with Crippen LogP contribution in [0.25, 0.3) is 6.08 Å². The second-order valence-corrected chi connectivity index (χ2v) is 6.84. The molecule has 1 aliphatic heterocycles. The molecule has 1 N–H and O–H groups in total. The molecule has 0 radical (unpaired) electrons. The third-order valence-corrected chi connectivity index (χ3v) is 4.78. The van der Waals surface area contributed by atoms with Crippen molar-refractivity contribution in [3.05, 3.63) is 69.2 Å². The van der Waals surface area contributed by atoms with Gasteiger partial charge in [0.2, 0.25) is 0 Å². The van der Waals surface area contributed by atoms with Gasteiger partial charge in [-0.05, 0) is 54.2 Å². The Morgan fingerprint density at radius 3 is 2.29 bits per heavy atom. The first-order valence-corrected chi connectivity index (χ1v) is 8.79. The maximum Gasteiger partial charge on any atom is 0.417 e. The summed E-state index contributed by atoms with van der Waals surface area (Å²) in [6, 6.07) is 9.28. The van der Waals surface area contributed by atoms with Gasteiger partial charge in [-0.25, -0.2) is 0 Å². The molecule has 1 saturated heterocycles. The second-order valence-electron chi connectivity index (χ2n) is 5.64. The Kier molecular flexibility index (Phi) is 5.47. The van der Waals surface area contributed by atoms with E-state index in [1.165, 1.54) is 30.3 Å². The molecule has 2 amide bonds. The van der Waals surface area contributed by atoms with E-state index in [1.54, 1.807) is 0 Å². The van der Waals surface area contributed by atoms with Gasteiger partial charge in [0, 0.05) is 5.02 Å². The lowest BCUT2D eigenvalue weighted by molar-refractivity contribution is -0.137. The van der Waals surface area contributed by atoms with Crippen LogP contribution in [0.3, 0.4) is 0 Å². The van der Waals surface area contributed by atoms with Crippen LogP contribution in [-0.2, 0) is 15.8 Å². The third kappa shape index (κ3) is 3.89. The van der Waals surface area contributed by atoms with Crippen molar-refractivity contribution in [2.75, 3.05) is 4.90 Å². The number of hydrogen-bond acceptors (Lipinski definition) is 3. The highest BCUT2D eigenvalue weighted by Gasteiger charge is 2.36. The van der Waals surface area contributed by atoms with E-state index in [4.69, 9.17) is 35.4 Å². The van der Waals surface area contributed by atoms with E-state index in [1.807, 2.05) is 0 Å². The average Bonchev–Trinajstić information content (AvgIpc) is 2.60. The van der Waals surface area contributed by atoms with Crippen molar-refractivity contribution in [3.8, 4) is 0 Å². The molecule has 0 atom stereocenters. The largest absolute Gasteiger partial charge is 0.417 e. The number of hydrogen-bond donors (Lipinski definition) is 1. The van der Waals surface area contributed by atoms with Crippen LogP contribution in [0.1, 0.15) is 11.1 Å². The number of nitrogens with zero attached hydrogens (tertiary/aromatic N) is 1. The lowest BCUT2D eigenvalue weighted by atomic mass is 10.0. The van der Waals surface area contributed by atoms with E-state index in [2.05, 4.69) is 5.32 Å². The lowest BCUT2D eigenvalue weighted by Crippen LogP contribution is -2.54. The summed E-state index contributed by atoms with van der Waals surface area (Å²) in [4.78, 5) is 26.1. The highest BCUT2D eigenvalue weighted by molar-refractivity contribution is 7.80. The number of carbonyl (C=O) groups is 2. The quantitative estimate of drug-likeness (QED) is 0.409. The van der Waals surface area contributed by atoms with Crippen LogP contribution in [0, 0.1) is 0 Å². The number of anilines is 1. The Bertz CT molecular complexity index is 1020. The van der Waals surface area contributed by atoms with Gasteiger partial charge >= 0.3 is 6.18 Å². The Morgan fingerprint density at radius 1 is 1.04 bits per heavy atom. The number of benzene rings is 2. The standard InChI is InChI=1S/C18H9Cl2F3N2O2S/c19-10-4-6-11(7-5-10)25-16(27)12(15(26)24-17(25)28)8-9-2-1-3-13(14(9)20)18(21,22)23/h1-8H,(H,24,26,28)/b12-8+. The molecule has 2 aromatic rings. The molecule has 0 spiro atoms. The molecule has 4 nitrogen and oxygen atoms in total. The number of carbonyl (C=O) groups excluding carboxylic acids is 2. The van der Waals surface area contributed by atoms with E-state index < -0.39 is 34.1 Å². The number of nitrogens with one attached hydrogen (secondary N) is 1. The summed E-state index contributed by atoms with van der Waals surface area (Å²) in [5.41, 5.74) is -1.28. The Hall–Kier alpha value is -2.42. The maximum atomic E-state index is 13.0. The van der Waals surface area contributed by atoms with Gasteiger partial charge in [-0.15, -0.1) is 0 Å². The van der Waals surface area contributed by atoms with Gasteiger partial charge in [-0.1, -0.05) is 35.3 Å². The lowest BCUT2D eigenvalue weighted by Gasteiger charge is -2.29. The number of halogens is 5. The summed E-state index contributed by atoms with van der Waals surface area (Å²) in [6.07, 6.45) is -3.68. The highest BCUT2D eigenvalue weighted by atomic mass is 35.5. The van der Waals surface area contributed by atoms with Crippen LogP contribution in [-0.4, -0.2) is 16.9 Å². The minimum Gasteiger partial charge on any atom is -0.298 e. The van der Waals surface area contributed by atoms with Crippen LogP contribution in [0.15, 0.2) is 48.0 Å². The molecule has 10 heteroatoms. The maximum absolute atomic E-state index is 13.0. The monoisotopic (exact) mass is 444 g/mol. The van der Waals surface area contributed by atoms with Crippen LogP contribution >= 0.6 is 35.4 Å². The predicted octanol–water partition coefficient (Wildman–Crippen LogP) is 4.84. The molecular weight excluding hydrogens is 436 g/mol. The average molecular weight is 445 g/mol. The molecule has 0 bridgehead atoms. The summed E-state index contributed by atoms with van der Waals surface area (Å²) in [5, 5.41) is 1.99. The molecular formula is C18H9Cl2F3N2O2S. The van der Waals surface area contributed by atoms with Gasteiger partial charge in [0.15, 0.2) is 5.11 Å². The fourth-order valence-electron chi connectivity index (χ4n) is 2.52. The summed E-state index contributed by atoms with van der Waals surface area (Å²) in [5.74, 6) is -1.64. The van der Waals surface area contributed by atoms with E-state index in [0.29, 0.717) is 10.7 Å². The van der Waals surface area contributed by atoms with Crippen LogP contribution in [0.4, 0.5) is 18.9 Å². The molecule has 144 valence electrons. The van der Waals surface area contributed by atoms with Crippen LogP contribution in [0.2, 0.25) is 10.0 Å². The minimum atomic E-state index is -4.68. The van der Waals surface area contributed by atoms with Crippen LogP contribution in [0.5, 0.6) is 0 Å². The van der Waals surface area contributed by atoms with Crippen molar-refractivity contribution in [1.82, 2.24) is 5.32 Å². The molecule has 0 aliphatic carbocycles. The first kappa shape index (κ1) is 20.3. The summed E-state index contributed by atoms with van der Waals surface area (Å²) >= 11 is 16.7. The van der Waals surface area contributed by atoms with Crippen molar-refractivity contribution < 1.29 is 22.8 Å². The predicted molar refractivity (Wildman–Crippen MR) is 104 cm³/mol. The molecule has 3 rings (SSSR count). The van der Waals surface area contributed by atoms with E-state index in [0.717, 1.165) is 23.1 Å². The first-order chi connectivity index (χ1) is 13.1. The summed E-state index contributed by atoms with van der Waals surface area (Å²) in [6.45, 7) is 0. The summed E-state index contributed by atoms with van der Waals surface area (Å²) < 4.78 is 39.1. The zero-order valence-electron chi connectivity index (χ0n) is 13.7. The van der Waals surface area contributed by atoms with E-state index >= 15 is 0 Å². The first-order valence-electron chi connectivity index (χ1n) is 7.62. The molecule has 1 aliphatic rings. The van der Waals surface area contributed by atoms with Crippen molar-refractivity contribution >= 4 is 64.1 Å². The van der Waals surface area contributed by atoms with Gasteiger partial charge < -0.3 is 0 Å². The van der Waals surface area contributed by atoms with Gasteiger partial charge in [0.05, 0.1) is 16.3 Å². The number of rotatable bonds is 2.